The van der Waals surface area contributed by atoms with E-state index in [4.69, 9.17) is 19.9 Å². The lowest BCUT2D eigenvalue weighted by Gasteiger charge is -2.10. The zero-order chi connectivity index (χ0) is 23.1. The van der Waals surface area contributed by atoms with E-state index in [9.17, 15) is 9.59 Å². The van der Waals surface area contributed by atoms with Crippen molar-refractivity contribution in [2.24, 2.45) is 5.10 Å². The van der Waals surface area contributed by atoms with E-state index in [1.165, 1.54) is 18.9 Å². The summed E-state index contributed by atoms with van der Waals surface area (Å²) in [5.74, 6) is -0.869. The molecule has 0 amide bonds. The molecule has 3 aromatic rings. The first kappa shape index (κ1) is 22.3. The first-order valence-electron chi connectivity index (χ1n) is 9.48. The maximum atomic E-state index is 12.6. The molecule has 0 bridgehead atoms. The smallest absolute Gasteiger partial charge is 0.340 e. The van der Waals surface area contributed by atoms with E-state index in [1.807, 2.05) is 30.3 Å². The number of nitrogens with zero attached hydrogens (tertiary/aromatic N) is 3. The maximum absolute atomic E-state index is 12.6. The summed E-state index contributed by atoms with van der Waals surface area (Å²) in [5.41, 5.74) is 7.98. The summed E-state index contributed by atoms with van der Waals surface area (Å²) in [4.78, 5) is 29.1. The van der Waals surface area contributed by atoms with Gasteiger partial charge in [0.15, 0.2) is 0 Å². The molecule has 9 nitrogen and oxygen atoms in total. The fraction of sp³-hybridized carbons (Fsp3) is 0.130. The van der Waals surface area contributed by atoms with Gasteiger partial charge in [0, 0.05) is 11.6 Å². The molecule has 2 aromatic carbocycles. The van der Waals surface area contributed by atoms with Crippen LogP contribution >= 0.6 is 0 Å². The van der Waals surface area contributed by atoms with Gasteiger partial charge in [-0.3, -0.25) is 0 Å². The molecule has 0 spiro atoms. The molecule has 0 saturated heterocycles. The van der Waals surface area contributed by atoms with Crippen LogP contribution in [0.3, 0.4) is 0 Å². The van der Waals surface area contributed by atoms with Crippen molar-refractivity contribution in [2.75, 3.05) is 27.1 Å². The standard InChI is InChI=1S/C23H22N4O5/c1-30-17-11-9-16(10-12-17)20-21(18(22(29)32-3)13-19(28)31-2)27(23(24)26-20)25-14-15-7-5-4-6-8-15/h4-14H,1-3H3,(H2,24,26)/b18-13-,25-14+. The highest BCUT2D eigenvalue weighted by Gasteiger charge is 2.26. The Morgan fingerprint density at radius 1 is 1.00 bits per heavy atom. The normalized spacial score (nSPS) is 11.4. The van der Waals surface area contributed by atoms with E-state index in [-0.39, 0.29) is 17.2 Å². The minimum atomic E-state index is -0.777. The number of hydrogen-bond acceptors (Lipinski definition) is 8. The summed E-state index contributed by atoms with van der Waals surface area (Å²) in [5, 5.41) is 4.41. The second-order valence-electron chi connectivity index (χ2n) is 6.44. The van der Waals surface area contributed by atoms with Crippen LogP contribution in [0.4, 0.5) is 5.95 Å². The van der Waals surface area contributed by atoms with Crippen LogP contribution in [0.5, 0.6) is 5.75 Å². The van der Waals surface area contributed by atoms with Crippen LogP contribution in [0.2, 0.25) is 0 Å². The highest BCUT2D eigenvalue weighted by molar-refractivity contribution is 6.21. The molecule has 0 unspecified atom stereocenters. The van der Waals surface area contributed by atoms with Gasteiger partial charge in [0.2, 0.25) is 5.95 Å². The van der Waals surface area contributed by atoms with Crippen molar-refractivity contribution in [3.63, 3.8) is 0 Å². The minimum absolute atomic E-state index is 0.0117. The Labute approximate surface area is 184 Å². The molecule has 3 rings (SSSR count). The molecule has 32 heavy (non-hydrogen) atoms. The molecular weight excluding hydrogens is 412 g/mol. The van der Waals surface area contributed by atoms with E-state index in [2.05, 4.69) is 10.1 Å². The number of esters is 2. The molecule has 164 valence electrons. The monoisotopic (exact) mass is 434 g/mol. The fourth-order valence-corrected chi connectivity index (χ4v) is 2.91. The van der Waals surface area contributed by atoms with Crippen LogP contribution in [0, 0.1) is 0 Å². The predicted octanol–water partition coefficient (Wildman–Crippen LogP) is 2.75. The third kappa shape index (κ3) is 4.84. The Hall–Kier alpha value is -4.40. The molecule has 0 saturated carbocycles. The number of carbonyl (C=O) groups is 2. The van der Waals surface area contributed by atoms with E-state index in [1.54, 1.807) is 37.6 Å². The lowest BCUT2D eigenvalue weighted by atomic mass is 10.0. The summed E-state index contributed by atoms with van der Waals surface area (Å²) >= 11 is 0. The molecule has 2 N–H and O–H groups in total. The number of anilines is 1. The molecule has 9 heteroatoms. The van der Waals surface area contributed by atoms with Crippen molar-refractivity contribution < 1.29 is 23.8 Å². The molecule has 0 atom stereocenters. The van der Waals surface area contributed by atoms with Gasteiger partial charge in [0.1, 0.15) is 17.1 Å². The van der Waals surface area contributed by atoms with Crippen LogP contribution in [0.1, 0.15) is 11.3 Å². The van der Waals surface area contributed by atoms with Crippen molar-refractivity contribution >= 4 is 29.7 Å². The SMILES string of the molecule is COC(=O)/C=C(\C(=O)OC)c1c(-c2ccc(OC)cc2)nc(N)n1/N=C/c1ccccc1. The van der Waals surface area contributed by atoms with Crippen LogP contribution in [-0.2, 0) is 19.1 Å². The quantitative estimate of drug-likeness (QED) is 0.345. The van der Waals surface area contributed by atoms with Crippen molar-refractivity contribution in [1.29, 1.82) is 0 Å². The van der Waals surface area contributed by atoms with Gasteiger partial charge in [-0.05, 0) is 29.8 Å². The number of nitrogens with two attached hydrogens (primary N) is 1. The zero-order valence-electron chi connectivity index (χ0n) is 17.8. The first-order valence-corrected chi connectivity index (χ1v) is 9.48. The number of aromatic nitrogens is 2. The van der Waals surface area contributed by atoms with Gasteiger partial charge >= 0.3 is 11.9 Å². The second-order valence-corrected chi connectivity index (χ2v) is 6.44. The summed E-state index contributed by atoms with van der Waals surface area (Å²) in [7, 11) is 3.97. The Balaban J connectivity index is 2.25. The van der Waals surface area contributed by atoms with Gasteiger partial charge in [-0.25, -0.2) is 14.6 Å². The van der Waals surface area contributed by atoms with Gasteiger partial charge < -0.3 is 19.9 Å². The average molecular weight is 434 g/mol. The van der Waals surface area contributed by atoms with Crippen LogP contribution in [0.15, 0.2) is 65.8 Å². The highest BCUT2D eigenvalue weighted by Crippen LogP contribution is 2.32. The van der Waals surface area contributed by atoms with Crippen molar-refractivity contribution in [1.82, 2.24) is 9.66 Å². The topological polar surface area (TPSA) is 118 Å². The van der Waals surface area contributed by atoms with Crippen molar-refractivity contribution in [2.45, 2.75) is 0 Å². The number of rotatable bonds is 7. The molecular formula is C23H22N4O5. The van der Waals surface area contributed by atoms with E-state index < -0.39 is 11.9 Å². The Morgan fingerprint density at radius 2 is 1.69 bits per heavy atom. The predicted molar refractivity (Wildman–Crippen MR) is 120 cm³/mol. The number of ether oxygens (including phenoxy) is 3. The number of nitrogen functional groups attached to an aromatic ring is 1. The molecule has 1 aromatic heterocycles. The molecule has 0 radical (unpaired) electrons. The average Bonchev–Trinajstić information content (AvgIpc) is 3.16. The van der Waals surface area contributed by atoms with E-state index >= 15 is 0 Å². The lowest BCUT2D eigenvalue weighted by molar-refractivity contribution is -0.136. The largest absolute Gasteiger partial charge is 0.497 e. The lowest BCUT2D eigenvalue weighted by Crippen LogP contribution is -2.12. The molecule has 0 fully saturated rings. The summed E-state index contributed by atoms with van der Waals surface area (Å²) in [6.45, 7) is 0. The van der Waals surface area contributed by atoms with Crippen molar-refractivity contribution in [3.8, 4) is 17.0 Å². The van der Waals surface area contributed by atoms with Gasteiger partial charge in [0.25, 0.3) is 0 Å². The fourth-order valence-electron chi connectivity index (χ4n) is 2.91. The van der Waals surface area contributed by atoms with Crippen molar-refractivity contribution in [3.05, 3.63) is 71.9 Å². The summed E-state index contributed by atoms with van der Waals surface area (Å²) < 4.78 is 16.1. The third-order valence-corrected chi connectivity index (χ3v) is 4.49. The minimum Gasteiger partial charge on any atom is -0.497 e. The number of hydrogen-bond donors (Lipinski definition) is 1. The first-order chi connectivity index (χ1) is 15.5. The molecule has 1 heterocycles. The van der Waals surface area contributed by atoms with E-state index in [0.29, 0.717) is 17.0 Å². The Kier molecular flexibility index (Phi) is 7.02. The van der Waals surface area contributed by atoms with Gasteiger partial charge in [-0.15, -0.1) is 0 Å². The van der Waals surface area contributed by atoms with Gasteiger partial charge in [0.05, 0.1) is 33.1 Å². The number of imidazole rings is 1. The Morgan fingerprint density at radius 3 is 2.28 bits per heavy atom. The summed E-state index contributed by atoms with van der Waals surface area (Å²) in [6, 6.07) is 16.3. The summed E-state index contributed by atoms with van der Waals surface area (Å²) in [6.07, 6.45) is 2.58. The maximum Gasteiger partial charge on any atom is 0.340 e. The third-order valence-electron chi connectivity index (χ3n) is 4.49. The Bertz CT molecular complexity index is 1170. The van der Waals surface area contributed by atoms with Gasteiger partial charge in [-0.1, -0.05) is 30.3 Å². The number of carbonyl (C=O) groups excluding carboxylic acids is 2. The molecule has 0 aliphatic rings. The highest BCUT2D eigenvalue weighted by atomic mass is 16.5. The molecule has 0 aliphatic carbocycles. The molecule has 0 aliphatic heterocycles. The van der Waals surface area contributed by atoms with Crippen LogP contribution < -0.4 is 10.5 Å². The van der Waals surface area contributed by atoms with Gasteiger partial charge in [-0.2, -0.15) is 9.78 Å². The number of methoxy groups -OCH3 is 3. The van der Waals surface area contributed by atoms with E-state index in [0.717, 1.165) is 11.6 Å². The van der Waals surface area contributed by atoms with Crippen LogP contribution in [-0.4, -0.2) is 49.1 Å². The number of benzene rings is 2. The zero-order valence-corrected chi connectivity index (χ0v) is 17.8. The van der Waals surface area contributed by atoms with Crippen LogP contribution in [0.25, 0.3) is 16.8 Å². The second kappa shape index (κ2) is 10.1.